The van der Waals surface area contributed by atoms with Crippen molar-refractivity contribution in [3.63, 3.8) is 0 Å². The van der Waals surface area contributed by atoms with Crippen LogP contribution >= 0.6 is 11.6 Å². The Labute approximate surface area is 121 Å². The molecule has 2 nitrogen and oxygen atoms in total. The van der Waals surface area contributed by atoms with Gasteiger partial charge in [0.2, 0.25) is 0 Å². The zero-order valence-corrected chi connectivity index (χ0v) is 13.0. The SMILES string of the molecule is CCC1CCC(C)N1c1ccc(CC(C)N)c(Cl)c1. The predicted molar refractivity (Wildman–Crippen MR) is 84.1 cm³/mol. The third kappa shape index (κ3) is 3.24. The molecule has 3 heteroatoms. The van der Waals surface area contributed by atoms with E-state index in [0.29, 0.717) is 12.1 Å². The summed E-state index contributed by atoms with van der Waals surface area (Å²) in [5.41, 5.74) is 8.26. The van der Waals surface area contributed by atoms with Gasteiger partial charge < -0.3 is 10.6 Å². The van der Waals surface area contributed by atoms with E-state index in [1.807, 2.05) is 6.92 Å². The van der Waals surface area contributed by atoms with Crippen LogP contribution < -0.4 is 10.6 Å². The van der Waals surface area contributed by atoms with E-state index in [-0.39, 0.29) is 6.04 Å². The molecule has 0 amide bonds. The number of nitrogens with zero attached hydrogens (tertiary/aromatic N) is 1. The molecule has 0 saturated carbocycles. The van der Waals surface area contributed by atoms with Gasteiger partial charge in [0.05, 0.1) is 0 Å². The third-order valence-electron chi connectivity index (χ3n) is 4.13. The molecular weight excluding hydrogens is 256 g/mol. The van der Waals surface area contributed by atoms with Crippen LogP contribution in [0.15, 0.2) is 18.2 Å². The summed E-state index contributed by atoms with van der Waals surface area (Å²) in [6, 6.07) is 7.87. The standard InChI is InChI=1S/C16H25ClN2/c1-4-14-7-5-12(3)19(14)15-8-6-13(9-11(2)18)16(17)10-15/h6,8,10-12,14H,4-5,7,9,18H2,1-3H3. The van der Waals surface area contributed by atoms with Gasteiger partial charge >= 0.3 is 0 Å². The van der Waals surface area contributed by atoms with Crippen molar-refractivity contribution in [3.8, 4) is 0 Å². The number of benzene rings is 1. The molecule has 3 atom stereocenters. The van der Waals surface area contributed by atoms with Crippen LogP contribution in [0.5, 0.6) is 0 Å². The summed E-state index contributed by atoms with van der Waals surface area (Å²) >= 11 is 6.41. The molecule has 1 saturated heterocycles. The highest BCUT2D eigenvalue weighted by atomic mass is 35.5. The zero-order chi connectivity index (χ0) is 14.0. The predicted octanol–water partition coefficient (Wildman–Crippen LogP) is 4.00. The minimum atomic E-state index is 0.150. The van der Waals surface area contributed by atoms with Crippen LogP contribution in [-0.2, 0) is 6.42 Å². The monoisotopic (exact) mass is 280 g/mol. The minimum Gasteiger partial charge on any atom is -0.366 e. The number of hydrogen-bond donors (Lipinski definition) is 1. The number of hydrogen-bond acceptors (Lipinski definition) is 2. The number of halogens is 1. The van der Waals surface area contributed by atoms with Gasteiger partial charge in [-0.2, -0.15) is 0 Å². The normalized spacial score (nSPS) is 24.8. The van der Waals surface area contributed by atoms with E-state index in [9.17, 15) is 0 Å². The fourth-order valence-electron chi connectivity index (χ4n) is 3.15. The van der Waals surface area contributed by atoms with E-state index in [2.05, 4.69) is 36.9 Å². The van der Waals surface area contributed by atoms with Gasteiger partial charge in [0.15, 0.2) is 0 Å². The van der Waals surface area contributed by atoms with Gasteiger partial charge in [-0.15, -0.1) is 0 Å². The van der Waals surface area contributed by atoms with Gasteiger partial charge in [-0.3, -0.25) is 0 Å². The summed E-state index contributed by atoms with van der Waals surface area (Å²) < 4.78 is 0. The third-order valence-corrected chi connectivity index (χ3v) is 4.49. The van der Waals surface area contributed by atoms with E-state index in [1.54, 1.807) is 0 Å². The molecule has 106 valence electrons. The lowest BCUT2D eigenvalue weighted by molar-refractivity contribution is 0.628. The topological polar surface area (TPSA) is 29.3 Å². The van der Waals surface area contributed by atoms with Gasteiger partial charge in [0.1, 0.15) is 0 Å². The lowest BCUT2D eigenvalue weighted by Crippen LogP contribution is -2.34. The van der Waals surface area contributed by atoms with Crippen LogP contribution in [0.3, 0.4) is 0 Å². The molecule has 2 N–H and O–H groups in total. The van der Waals surface area contributed by atoms with Gasteiger partial charge in [0.25, 0.3) is 0 Å². The second kappa shape index (κ2) is 6.15. The highest BCUT2D eigenvalue weighted by molar-refractivity contribution is 6.31. The molecule has 0 spiro atoms. The summed E-state index contributed by atoms with van der Waals surface area (Å²) in [6.07, 6.45) is 4.60. The highest BCUT2D eigenvalue weighted by Crippen LogP contribution is 2.34. The molecule has 3 unspecified atom stereocenters. The smallest absolute Gasteiger partial charge is 0.0459 e. The average Bonchev–Trinajstić information content (AvgIpc) is 2.72. The Morgan fingerprint density at radius 1 is 1.42 bits per heavy atom. The minimum absolute atomic E-state index is 0.150. The van der Waals surface area contributed by atoms with Crippen LogP contribution in [0, 0.1) is 0 Å². The van der Waals surface area contributed by atoms with Crippen LogP contribution in [0.2, 0.25) is 5.02 Å². The van der Waals surface area contributed by atoms with E-state index < -0.39 is 0 Å². The molecule has 1 aliphatic heterocycles. The second-order valence-corrected chi connectivity index (χ2v) is 6.26. The molecule has 2 rings (SSSR count). The van der Waals surface area contributed by atoms with Crippen LogP contribution in [0.25, 0.3) is 0 Å². The summed E-state index contributed by atoms with van der Waals surface area (Å²) in [5, 5.41) is 0.851. The molecule has 1 fully saturated rings. The van der Waals surface area contributed by atoms with Gasteiger partial charge in [-0.1, -0.05) is 24.6 Å². The summed E-state index contributed by atoms with van der Waals surface area (Å²) in [6.45, 7) is 6.58. The van der Waals surface area contributed by atoms with E-state index >= 15 is 0 Å². The molecule has 1 aliphatic rings. The molecule has 0 aromatic heterocycles. The Hall–Kier alpha value is -0.730. The maximum Gasteiger partial charge on any atom is 0.0459 e. The Bertz CT molecular complexity index is 431. The first-order valence-electron chi connectivity index (χ1n) is 7.35. The zero-order valence-electron chi connectivity index (χ0n) is 12.2. The molecule has 0 bridgehead atoms. The quantitative estimate of drug-likeness (QED) is 0.903. The molecule has 0 radical (unpaired) electrons. The van der Waals surface area contributed by atoms with Crippen LogP contribution in [-0.4, -0.2) is 18.1 Å². The number of anilines is 1. The Balaban J connectivity index is 2.23. The van der Waals surface area contributed by atoms with Crippen molar-refractivity contribution >= 4 is 17.3 Å². The lowest BCUT2D eigenvalue weighted by Gasteiger charge is -2.30. The molecule has 1 aromatic rings. The number of nitrogens with two attached hydrogens (primary N) is 1. The van der Waals surface area contributed by atoms with E-state index in [4.69, 9.17) is 17.3 Å². The Kier molecular flexibility index (Phi) is 4.75. The summed E-state index contributed by atoms with van der Waals surface area (Å²) in [4.78, 5) is 2.53. The molecule has 1 aromatic carbocycles. The molecule has 0 aliphatic carbocycles. The first-order valence-corrected chi connectivity index (χ1v) is 7.73. The van der Waals surface area contributed by atoms with Crippen molar-refractivity contribution in [1.82, 2.24) is 0 Å². The summed E-state index contributed by atoms with van der Waals surface area (Å²) in [5.74, 6) is 0. The molecule has 1 heterocycles. The van der Waals surface area contributed by atoms with Gasteiger partial charge in [-0.25, -0.2) is 0 Å². The fourth-order valence-corrected chi connectivity index (χ4v) is 3.40. The Morgan fingerprint density at radius 2 is 2.16 bits per heavy atom. The number of rotatable bonds is 4. The first-order chi connectivity index (χ1) is 9.02. The van der Waals surface area contributed by atoms with Crippen LogP contribution in [0.1, 0.15) is 45.6 Å². The highest BCUT2D eigenvalue weighted by Gasteiger charge is 2.29. The van der Waals surface area contributed by atoms with Crippen molar-refractivity contribution in [2.24, 2.45) is 5.73 Å². The second-order valence-electron chi connectivity index (χ2n) is 5.85. The van der Waals surface area contributed by atoms with Crippen molar-refractivity contribution in [1.29, 1.82) is 0 Å². The fraction of sp³-hybridized carbons (Fsp3) is 0.625. The van der Waals surface area contributed by atoms with Crippen molar-refractivity contribution in [2.45, 2.75) is 64.6 Å². The van der Waals surface area contributed by atoms with Crippen molar-refractivity contribution in [3.05, 3.63) is 28.8 Å². The van der Waals surface area contributed by atoms with Crippen molar-refractivity contribution < 1.29 is 0 Å². The van der Waals surface area contributed by atoms with Gasteiger partial charge in [0, 0.05) is 28.8 Å². The first kappa shape index (κ1) is 14.7. The van der Waals surface area contributed by atoms with E-state index in [0.717, 1.165) is 17.0 Å². The summed E-state index contributed by atoms with van der Waals surface area (Å²) in [7, 11) is 0. The maximum atomic E-state index is 6.41. The van der Waals surface area contributed by atoms with Gasteiger partial charge in [-0.05, 0) is 57.2 Å². The maximum absolute atomic E-state index is 6.41. The average molecular weight is 281 g/mol. The largest absolute Gasteiger partial charge is 0.366 e. The Morgan fingerprint density at radius 3 is 2.74 bits per heavy atom. The van der Waals surface area contributed by atoms with E-state index in [1.165, 1.54) is 24.9 Å². The van der Waals surface area contributed by atoms with Crippen LogP contribution in [0.4, 0.5) is 5.69 Å². The van der Waals surface area contributed by atoms with Crippen molar-refractivity contribution in [2.75, 3.05) is 4.90 Å². The lowest BCUT2D eigenvalue weighted by atomic mass is 10.1. The molecule has 19 heavy (non-hydrogen) atoms. The molecular formula is C16H25ClN2.